The Morgan fingerprint density at radius 1 is 1.00 bits per heavy atom. The zero-order valence-electron chi connectivity index (χ0n) is 12.2. The molecule has 0 N–H and O–H groups in total. The van der Waals surface area contributed by atoms with Crippen molar-refractivity contribution in [3.63, 3.8) is 0 Å². The van der Waals surface area contributed by atoms with Crippen LogP contribution >= 0.6 is 0 Å². The molecule has 0 heterocycles. The van der Waals surface area contributed by atoms with Crippen molar-refractivity contribution in [2.45, 2.75) is 32.6 Å². The van der Waals surface area contributed by atoms with Gasteiger partial charge in [-0.05, 0) is 54.9 Å². The number of ether oxygens (including phenoxy) is 1. The fraction of sp³-hybridized carbons (Fsp3) is 0.368. The minimum absolute atomic E-state index is 0.830. The maximum atomic E-state index is 5.80. The molecule has 2 aliphatic rings. The summed E-state index contributed by atoms with van der Waals surface area (Å²) in [5, 5.41) is 0. The highest BCUT2D eigenvalue weighted by Crippen LogP contribution is 2.29. The van der Waals surface area contributed by atoms with E-state index >= 15 is 0 Å². The van der Waals surface area contributed by atoms with Gasteiger partial charge in [0.2, 0.25) is 0 Å². The van der Waals surface area contributed by atoms with Gasteiger partial charge in [0.25, 0.3) is 0 Å². The Kier molecular flexibility index (Phi) is 4.17. The fourth-order valence-corrected chi connectivity index (χ4v) is 2.97. The van der Waals surface area contributed by atoms with Crippen LogP contribution in [0.5, 0.6) is 0 Å². The molecule has 0 bridgehead atoms. The molecule has 104 valence electrons. The second kappa shape index (κ2) is 6.23. The summed E-state index contributed by atoms with van der Waals surface area (Å²) >= 11 is 0. The van der Waals surface area contributed by atoms with E-state index in [0.29, 0.717) is 0 Å². The van der Waals surface area contributed by atoms with Gasteiger partial charge in [0.1, 0.15) is 0 Å². The SMILES string of the molecule is CC1=CC(CCOCCC2=CCc3ccccc32)=CC1. The summed E-state index contributed by atoms with van der Waals surface area (Å²) in [7, 11) is 0. The summed E-state index contributed by atoms with van der Waals surface area (Å²) < 4.78 is 5.80. The zero-order valence-corrected chi connectivity index (χ0v) is 12.2. The fourth-order valence-electron chi connectivity index (χ4n) is 2.97. The molecule has 20 heavy (non-hydrogen) atoms. The van der Waals surface area contributed by atoms with E-state index in [-0.39, 0.29) is 0 Å². The van der Waals surface area contributed by atoms with Crippen molar-refractivity contribution in [3.05, 3.63) is 64.8 Å². The predicted molar refractivity (Wildman–Crippen MR) is 84.6 cm³/mol. The molecule has 0 aromatic heterocycles. The molecule has 0 fully saturated rings. The smallest absolute Gasteiger partial charge is 0.0506 e. The van der Waals surface area contributed by atoms with E-state index in [1.807, 2.05) is 0 Å². The van der Waals surface area contributed by atoms with Crippen molar-refractivity contribution in [1.29, 1.82) is 0 Å². The third-order valence-corrected chi connectivity index (χ3v) is 4.10. The van der Waals surface area contributed by atoms with Gasteiger partial charge in [0.15, 0.2) is 0 Å². The van der Waals surface area contributed by atoms with E-state index in [1.165, 1.54) is 27.8 Å². The van der Waals surface area contributed by atoms with Gasteiger partial charge in [0, 0.05) is 0 Å². The molecule has 1 aromatic carbocycles. The Morgan fingerprint density at radius 3 is 2.70 bits per heavy atom. The van der Waals surface area contributed by atoms with Gasteiger partial charge in [-0.3, -0.25) is 0 Å². The maximum Gasteiger partial charge on any atom is 0.0506 e. The second-order valence-electron chi connectivity index (χ2n) is 5.68. The van der Waals surface area contributed by atoms with Gasteiger partial charge >= 0.3 is 0 Å². The quantitative estimate of drug-likeness (QED) is 0.678. The molecule has 1 nitrogen and oxygen atoms in total. The number of benzene rings is 1. The highest BCUT2D eigenvalue weighted by atomic mass is 16.5. The topological polar surface area (TPSA) is 9.23 Å². The summed E-state index contributed by atoms with van der Waals surface area (Å²) in [6.07, 6.45) is 11.2. The molecule has 0 radical (unpaired) electrons. The molecule has 0 amide bonds. The molecule has 1 aromatic rings. The normalized spacial score (nSPS) is 16.8. The van der Waals surface area contributed by atoms with Gasteiger partial charge in [0.05, 0.1) is 13.2 Å². The lowest BCUT2D eigenvalue weighted by molar-refractivity contribution is 0.143. The maximum absolute atomic E-state index is 5.80. The van der Waals surface area contributed by atoms with Crippen molar-refractivity contribution < 1.29 is 4.74 Å². The Morgan fingerprint density at radius 2 is 1.85 bits per heavy atom. The first kappa shape index (κ1) is 13.4. The molecule has 0 spiro atoms. The summed E-state index contributed by atoms with van der Waals surface area (Å²) in [6, 6.07) is 8.70. The van der Waals surface area contributed by atoms with Gasteiger partial charge in [-0.1, -0.05) is 48.1 Å². The van der Waals surface area contributed by atoms with Crippen LogP contribution in [-0.2, 0) is 11.2 Å². The molecule has 0 atom stereocenters. The number of hydrogen-bond donors (Lipinski definition) is 0. The molecular weight excluding hydrogens is 244 g/mol. The molecule has 2 aliphatic carbocycles. The number of rotatable bonds is 6. The first-order chi connectivity index (χ1) is 9.83. The van der Waals surface area contributed by atoms with E-state index in [4.69, 9.17) is 4.74 Å². The van der Waals surface area contributed by atoms with Crippen molar-refractivity contribution in [2.75, 3.05) is 13.2 Å². The first-order valence-corrected chi connectivity index (χ1v) is 7.54. The van der Waals surface area contributed by atoms with Crippen LogP contribution in [0.15, 0.2) is 53.6 Å². The van der Waals surface area contributed by atoms with Gasteiger partial charge in [-0.25, -0.2) is 0 Å². The van der Waals surface area contributed by atoms with Crippen LogP contribution in [0.4, 0.5) is 0 Å². The van der Waals surface area contributed by atoms with Crippen molar-refractivity contribution >= 4 is 5.57 Å². The summed E-state index contributed by atoms with van der Waals surface area (Å²) in [4.78, 5) is 0. The predicted octanol–water partition coefficient (Wildman–Crippen LogP) is 4.70. The zero-order chi connectivity index (χ0) is 13.8. The third-order valence-electron chi connectivity index (χ3n) is 4.10. The molecule has 3 rings (SSSR count). The van der Waals surface area contributed by atoms with Crippen LogP contribution in [0.25, 0.3) is 5.57 Å². The van der Waals surface area contributed by atoms with Crippen molar-refractivity contribution in [3.8, 4) is 0 Å². The van der Waals surface area contributed by atoms with Crippen LogP contribution in [0, 0.1) is 0 Å². The molecule has 1 heteroatoms. The highest BCUT2D eigenvalue weighted by Gasteiger charge is 2.12. The largest absolute Gasteiger partial charge is 0.381 e. The molecule has 0 aliphatic heterocycles. The molecule has 0 saturated carbocycles. The lowest BCUT2D eigenvalue weighted by atomic mass is 10.0. The Labute approximate surface area is 121 Å². The van der Waals surface area contributed by atoms with Crippen LogP contribution in [0.2, 0.25) is 0 Å². The third kappa shape index (κ3) is 3.10. The van der Waals surface area contributed by atoms with Crippen LogP contribution in [-0.4, -0.2) is 13.2 Å². The Bertz CT molecular complexity index is 575. The number of hydrogen-bond acceptors (Lipinski definition) is 1. The van der Waals surface area contributed by atoms with E-state index in [2.05, 4.69) is 49.4 Å². The van der Waals surface area contributed by atoms with Gasteiger partial charge in [-0.15, -0.1) is 0 Å². The highest BCUT2D eigenvalue weighted by molar-refractivity contribution is 5.72. The van der Waals surface area contributed by atoms with Crippen LogP contribution in [0.1, 0.15) is 37.3 Å². The average molecular weight is 266 g/mol. The lowest BCUT2D eigenvalue weighted by Gasteiger charge is -2.07. The Balaban J connectivity index is 1.39. The lowest BCUT2D eigenvalue weighted by Crippen LogP contribution is -1.98. The second-order valence-corrected chi connectivity index (χ2v) is 5.68. The number of allylic oxidation sites excluding steroid dienone is 4. The average Bonchev–Trinajstić information content (AvgIpc) is 3.05. The summed E-state index contributed by atoms with van der Waals surface area (Å²) in [5.41, 5.74) is 7.24. The molecule has 0 saturated heterocycles. The van der Waals surface area contributed by atoms with Crippen molar-refractivity contribution in [2.24, 2.45) is 0 Å². The molecule has 0 unspecified atom stereocenters. The van der Waals surface area contributed by atoms with E-state index in [9.17, 15) is 0 Å². The summed E-state index contributed by atoms with van der Waals surface area (Å²) in [6.45, 7) is 3.86. The van der Waals surface area contributed by atoms with Crippen LogP contribution in [0.3, 0.4) is 0 Å². The standard InChI is InChI=1S/C19H22O/c1-15-6-7-16(14-15)10-12-20-13-11-18-9-8-17-4-2-3-5-19(17)18/h2-5,7,9,14H,6,8,10-13H2,1H3. The van der Waals surface area contributed by atoms with Gasteiger partial charge < -0.3 is 4.74 Å². The minimum atomic E-state index is 0.830. The van der Waals surface area contributed by atoms with E-state index < -0.39 is 0 Å². The van der Waals surface area contributed by atoms with E-state index in [1.54, 1.807) is 0 Å². The van der Waals surface area contributed by atoms with E-state index in [0.717, 1.165) is 38.9 Å². The monoisotopic (exact) mass is 266 g/mol. The number of fused-ring (bicyclic) bond motifs is 1. The minimum Gasteiger partial charge on any atom is -0.381 e. The van der Waals surface area contributed by atoms with Crippen LogP contribution < -0.4 is 0 Å². The van der Waals surface area contributed by atoms with Gasteiger partial charge in [-0.2, -0.15) is 0 Å². The summed E-state index contributed by atoms with van der Waals surface area (Å²) in [5.74, 6) is 0. The van der Waals surface area contributed by atoms with Crippen molar-refractivity contribution in [1.82, 2.24) is 0 Å². The molecular formula is C19H22O. The first-order valence-electron chi connectivity index (χ1n) is 7.54. The Hall–Kier alpha value is -1.60.